The lowest BCUT2D eigenvalue weighted by Gasteiger charge is -2.31. The Labute approximate surface area is 147 Å². The van der Waals surface area contributed by atoms with Gasteiger partial charge in [-0.1, -0.05) is 30.3 Å². The first-order valence-electron chi connectivity index (χ1n) is 8.31. The van der Waals surface area contributed by atoms with Crippen molar-refractivity contribution < 1.29 is 4.79 Å². The number of carbonyl (C=O) groups is 1. The second-order valence-electron chi connectivity index (χ2n) is 6.46. The second kappa shape index (κ2) is 7.03. The van der Waals surface area contributed by atoms with Gasteiger partial charge in [0.25, 0.3) is 5.91 Å². The number of nitrogens with one attached hydrogen (secondary N) is 2. The normalized spacial score (nSPS) is 13.8. The number of carbonyl (C=O) groups excluding carboxylic acids is 1. The molecule has 0 saturated carbocycles. The average Bonchev–Trinajstić information content (AvgIpc) is 2.95. The van der Waals surface area contributed by atoms with E-state index in [4.69, 9.17) is 0 Å². The Bertz CT molecular complexity index is 872. The maximum Gasteiger partial charge on any atom is 0.253 e. The van der Waals surface area contributed by atoms with Gasteiger partial charge in [0.15, 0.2) is 5.65 Å². The molecule has 0 radical (unpaired) electrons. The summed E-state index contributed by atoms with van der Waals surface area (Å²) in [5.74, 6) is 0.609. The molecular weight excluding hydrogens is 314 g/mol. The first kappa shape index (κ1) is 17.1. The van der Waals surface area contributed by atoms with E-state index in [1.54, 1.807) is 12.3 Å². The Kier molecular flexibility index (Phi) is 4.81. The highest BCUT2D eigenvalue weighted by Crippen LogP contribution is 2.22. The van der Waals surface area contributed by atoms with Crippen LogP contribution < -0.4 is 5.32 Å². The molecule has 2 N–H and O–H groups in total. The fraction of sp³-hybridized carbons (Fsp3) is 0.316. The standard InChI is InChI=1S/C19H23N5O/c1-12(17(24(3)4)14-8-6-5-7-9-14)21-19(25)15-10-11-20-18-16(15)22-13(2)23-18/h5-12,17H,1-4H3,(H,21,25)(H,20,22,23)/t12-,17-/m0/s1. The highest BCUT2D eigenvalue weighted by atomic mass is 16.1. The number of aryl methyl sites for hydroxylation is 1. The number of aromatic amines is 1. The lowest BCUT2D eigenvalue weighted by Crippen LogP contribution is -2.42. The van der Waals surface area contributed by atoms with Gasteiger partial charge in [-0.3, -0.25) is 4.79 Å². The number of pyridine rings is 1. The number of imidazole rings is 1. The Morgan fingerprint density at radius 1 is 1.20 bits per heavy atom. The molecule has 6 nitrogen and oxygen atoms in total. The fourth-order valence-corrected chi connectivity index (χ4v) is 3.26. The van der Waals surface area contributed by atoms with Crippen molar-refractivity contribution >= 4 is 17.1 Å². The molecular formula is C19H23N5O. The third-order valence-electron chi connectivity index (χ3n) is 4.28. The maximum absolute atomic E-state index is 12.8. The Morgan fingerprint density at radius 3 is 2.60 bits per heavy atom. The van der Waals surface area contributed by atoms with Gasteiger partial charge in [0.2, 0.25) is 0 Å². The van der Waals surface area contributed by atoms with Crippen LogP contribution in [0.5, 0.6) is 0 Å². The van der Waals surface area contributed by atoms with Crippen LogP contribution in [-0.4, -0.2) is 45.9 Å². The summed E-state index contributed by atoms with van der Waals surface area (Å²) in [6.45, 7) is 3.87. The molecule has 130 valence electrons. The Hall–Kier alpha value is -2.73. The van der Waals surface area contributed by atoms with Gasteiger partial charge in [-0.05, 0) is 39.6 Å². The number of nitrogens with zero attached hydrogens (tertiary/aromatic N) is 3. The van der Waals surface area contributed by atoms with Crippen molar-refractivity contribution in [2.24, 2.45) is 0 Å². The summed E-state index contributed by atoms with van der Waals surface area (Å²) in [6.07, 6.45) is 1.61. The number of aromatic nitrogens is 3. The minimum atomic E-state index is -0.133. The van der Waals surface area contributed by atoms with Crippen LogP contribution >= 0.6 is 0 Å². The van der Waals surface area contributed by atoms with Crippen molar-refractivity contribution in [3.05, 3.63) is 59.5 Å². The summed E-state index contributed by atoms with van der Waals surface area (Å²) in [5, 5.41) is 3.12. The summed E-state index contributed by atoms with van der Waals surface area (Å²) in [7, 11) is 4.03. The van der Waals surface area contributed by atoms with Gasteiger partial charge in [-0.2, -0.15) is 0 Å². The van der Waals surface area contributed by atoms with Crippen LogP contribution in [0.2, 0.25) is 0 Å². The smallest absolute Gasteiger partial charge is 0.253 e. The number of rotatable bonds is 5. The number of benzene rings is 1. The van der Waals surface area contributed by atoms with Crippen molar-refractivity contribution in [2.45, 2.75) is 25.9 Å². The molecule has 3 rings (SSSR count). The van der Waals surface area contributed by atoms with E-state index in [0.717, 1.165) is 11.4 Å². The largest absolute Gasteiger partial charge is 0.348 e. The molecule has 1 amide bonds. The Balaban J connectivity index is 1.85. The molecule has 1 aromatic carbocycles. The van der Waals surface area contributed by atoms with Gasteiger partial charge in [0, 0.05) is 12.2 Å². The zero-order chi connectivity index (χ0) is 18.0. The molecule has 25 heavy (non-hydrogen) atoms. The molecule has 0 spiro atoms. The number of fused-ring (bicyclic) bond motifs is 1. The summed E-state index contributed by atoms with van der Waals surface area (Å²) < 4.78 is 0. The van der Waals surface area contributed by atoms with Gasteiger partial charge in [0.1, 0.15) is 5.82 Å². The molecule has 2 heterocycles. The third kappa shape index (κ3) is 3.53. The fourth-order valence-electron chi connectivity index (χ4n) is 3.26. The topological polar surface area (TPSA) is 73.9 Å². The van der Waals surface area contributed by atoms with Crippen LogP contribution in [0.25, 0.3) is 11.2 Å². The average molecular weight is 337 g/mol. The summed E-state index contributed by atoms with van der Waals surface area (Å²) in [6, 6.07) is 11.9. The van der Waals surface area contributed by atoms with E-state index in [-0.39, 0.29) is 18.0 Å². The van der Waals surface area contributed by atoms with Crippen molar-refractivity contribution in [3.8, 4) is 0 Å². The monoisotopic (exact) mass is 337 g/mol. The van der Waals surface area contributed by atoms with Gasteiger partial charge < -0.3 is 15.2 Å². The van der Waals surface area contributed by atoms with E-state index in [1.165, 1.54) is 0 Å². The highest BCUT2D eigenvalue weighted by molar-refractivity contribution is 6.04. The van der Waals surface area contributed by atoms with Crippen LogP contribution in [0.15, 0.2) is 42.6 Å². The highest BCUT2D eigenvalue weighted by Gasteiger charge is 2.24. The Morgan fingerprint density at radius 2 is 1.92 bits per heavy atom. The minimum absolute atomic E-state index is 0.0721. The van der Waals surface area contributed by atoms with Crippen molar-refractivity contribution in [1.82, 2.24) is 25.2 Å². The van der Waals surface area contributed by atoms with E-state index in [9.17, 15) is 4.79 Å². The van der Waals surface area contributed by atoms with Gasteiger partial charge in [-0.15, -0.1) is 0 Å². The van der Waals surface area contributed by atoms with Crippen LogP contribution in [0.3, 0.4) is 0 Å². The first-order chi connectivity index (χ1) is 12.0. The van der Waals surface area contributed by atoms with E-state index in [0.29, 0.717) is 16.7 Å². The molecule has 0 aliphatic rings. The zero-order valence-corrected chi connectivity index (χ0v) is 14.9. The number of amides is 1. The van der Waals surface area contributed by atoms with E-state index < -0.39 is 0 Å². The molecule has 0 aliphatic heterocycles. The third-order valence-corrected chi connectivity index (χ3v) is 4.28. The van der Waals surface area contributed by atoms with Crippen LogP contribution in [-0.2, 0) is 0 Å². The zero-order valence-electron chi connectivity index (χ0n) is 14.9. The number of hydrogen-bond donors (Lipinski definition) is 2. The van der Waals surface area contributed by atoms with Gasteiger partial charge in [-0.25, -0.2) is 9.97 Å². The summed E-state index contributed by atoms with van der Waals surface area (Å²) >= 11 is 0. The second-order valence-corrected chi connectivity index (χ2v) is 6.46. The first-order valence-corrected chi connectivity index (χ1v) is 8.31. The van der Waals surface area contributed by atoms with Crippen LogP contribution in [0.1, 0.15) is 34.7 Å². The van der Waals surface area contributed by atoms with E-state index in [1.807, 2.05) is 46.1 Å². The molecule has 0 unspecified atom stereocenters. The molecule has 0 saturated heterocycles. The van der Waals surface area contributed by atoms with Crippen molar-refractivity contribution in [3.63, 3.8) is 0 Å². The molecule has 6 heteroatoms. The van der Waals surface area contributed by atoms with Gasteiger partial charge >= 0.3 is 0 Å². The SMILES string of the molecule is Cc1nc2nccc(C(=O)N[C@@H](C)[C@@H](c3ccccc3)N(C)C)c2[nH]1. The lowest BCUT2D eigenvalue weighted by molar-refractivity contribution is 0.0917. The minimum Gasteiger partial charge on any atom is -0.348 e. The van der Waals surface area contributed by atoms with Gasteiger partial charge in [0.05, 0.1) is 17.1 Å². The molecule has 3 aromatic rings. The van der Waals surface area contributed by atoms with Crippen molar-refractivity contribution in [2.75, 3.05) is 14.1 Å². The molecule has 0 bridgehead atoms. The molecule has 0 fully saturated rings. The number of likely N-dealkylation sites (N-methyl/N-ethyl adjacent to an activating group) is 1. The van der Waals surface area contributed by atoms with Crippen LogP contribution in [0.4, 0.5) is 0 Å². The number of hydrogen-bond acceptors (Lipinski definition) is 4. The quantitative estimate of drug-likeness (QED) is 0.751. The maximum atomic E-state index is 12.8. The lowest BCUT2D eigenvalue weighted by atomic mass is 9.99. The van der Waals surface area contributed by atoms with E-state index >= 15 is 0 Å². The predicted octanol–water partition coefficient (Wildman–Crippen LogP) is 2.69. The van der Waals surface area contributed by atoms with E-state index in [2.05, 4.69) is 37.3 Å². The van der Waals surface area contributed by atoms with Crippen LogP contribution in [0, 0.1) is 6.92 Å². The molecule has 2 aromatic heterocycles. The predicted molar refractivity (Wildman–Crippen MR) is 98.4 cm³/mol. The number of H-pyrrole nitrogens is 1. The summed E-state index contributed by atoms with van der Waals surface area (Å²) in [4.78, 5) is 26.6. The molecule has 2 atom stereocenters. The van der Waals surface area contributed by atoms with Crippen molar-refractivity contribution in [1.29, 1.82) is 0 Å². The molecule has 0 aliphatic carbocycles. The summed E-state index contributed by atoms with van der Waals surface area (Å²) in [5.41, 5.74) is 2.96.